The van der Waals surface area contributed by atoms with E-state index in [9.17, 15) is 4.79 Å². The molecular formula is C15H19NO2S. The van der Waals surface area contributed by atoms with Gasteiger partial charge in [0.15, 0.2) is 0 Å². The van der Waals surface area contributed by atoms with Crippen LogP contribution < -0.4 is 5.32 Å². The molecule has 2 N–H and O–H groups in total. The van der Waals surface area contributed by atoms with Crippen molar-refractivity contribution in [2.45, 2.75) is 18.6 Å². The first kappa shape index (κ1) is 15.6. The molecule has 0 fully saturated rings. The van der Waals surface area contributed by atoms with Crippen molar-refractivity contribution >= 4 is 17.7 Å². The van der Waals surface area contributed by atoms with Gasteiger partial charge in [0.25, 0.3) is 5.91 Å². The molecule has 1 aromatic rings. The third kappa shape index (κ3) is 5.37. The highest BCUT2D eigenvalue weighted by Gasteiger charge is 2.17. The lowest BCUT2D eigenvalue weighted by molar-refractivity contribution is 0.0951. The Morgan fingerprint density at radius 1 is 1.47 bits per heavy atom. The normalized spacial score (nSPS) is 10.5. The molecule has 1 amide bonds. The summed E-state index contributed by atoms with van der Waals surface area (Å²) in [5.74, 6) is 5.25. The van der Waals surface area contributed by atoms with Gasteiger partial charge in [-0.15, -0.1) is 0 Å². The fourth-order valence-corrected chi connectivity index (χ4v) is 1.56. The van der Waals surface area contributed by atoms with Crippen molar-refractivity contribution in [3.63, 3.8) is 0 Å². The summed E-state index contributed by atoms with van der Waals surface area (Å²) in [6.45, 7) is 4.60. The summed E-state index contributed by atoms with van der Waals surface area (Å²) >= 11 is 1.71. The highest BCUT2D eigenvalue weighted by atomic mass is 32.2. The second-order valence-corrected chi connectivity index (χ2v) is 6.20. The topological polar surface area (TPSA) is 49.3 Å². The Morgan fingerprint density at radius 3 is 2.84 bits per heavy atom. The molecule has 0 radical (unpaired) electrons. The number of hydrogen-bond acceptors (Lipinski definition) is 3. The zero-order valence-electron chi connectivity index (χ0n) is 11.5. The SMILES string of the molecule is CSC(C)(C)CNC(=O)c1cccc(C#CCO)c1. The van der Waals surface area contributed by atoms with Crippen LogP contribution in [0.4, 0.5) is 0 Å². The van der Waals surface area contributed by atoms with E-state index in [2.05, 4.69) is 31.0 Å². The molecular weight excluding hydrogens is 258 g/mol. The fourth-order valence-electron chi connectivity index (χ4n) is 1.35. The van der Waals surface area contributed by atoms with Gasteiger partial charge in [-0.3, -0.25) is 4.79 Å². The van der Waals surface area contributed by atoms with Crippen LogP contribution in [0.3, 0.4) is 0 Å². The minimum Gasteiger partial charge on any atom is -0.384 e. The monoisotopic (exact) mass is 277 g/mol. The highest BCUT2D eigenvalue weighted by molar-refractivity contribution is 7.99. The molecule has 0 spiro atoms. The number of benzene rings is 1. The van der Waals surface area contributed by atoms with Crippen LogP contribution in [0.5, 0.6) is 0 Å². The molecule has 0 aliphatic carbocycles. The van der Waals surface area contributed by atoms with Gasteiger partial charge < -0.3 is 10.4 Å². The Bertz CT molecular complexity index is 500. The number of aliphatic hydroxyl groups excluding tert-OH is 1. The molecule has 3 nitrogen and oxygen atoms in total. The summed E-state index contributed by atoms with van der Waals surface area (Å²) in [6, 6.07) is 7.08. The average molecular weight is 277 g/mol. The van der Waals surface area contributed by atoms with Crippen LogP contribution in [0.25, 0.3) is 0 Å². The average Bonchev–Trinajstić information content (AvgIpc) is 2.43. The van der Waals surface area contributed by atoms with Crippen LogP contribution in [-0.2, 0) is 0 Å². The van der Waals surface area contributed by atoms with Crippen molar-refractivity contribution in [3.05, 3.63) is 35.4 Å². The summed E-state index contributed by atoms with van der Waals surface area (Å²) in [7, 11) is 0. The van der Waals surface area contributed by atoms with Gasteiger partial charge in [-0.2, -0.15) is 11.8 Å². The molecule has 1 rings (SSSR count). The number of thioether (sulfide) groups is 1. The minimum absolute atomic E-state index is 0.0178. The molecule has 0 heterocycles. The second kappa shape index (κ2) is 7.22. The predicted molar refractivity (Wildman–Crippen MR) is 80.3 cm³/mol. The van der Waals surface area contributed by atoms with Crippen LogP contribution in [0, 0.1) is 11.8 Å². The molecule has 1 aromatic carbocycles. The first-order valence-corrected chi connectivity index (χ1v) is 7.24. The van der Waals surface area contributed by atoms with Gasteiger partial charge in [0.05, 0.1) is 0 Å². The second-order valence-electron chi connectivity index (χ2n) is 4.69. The van der Waals surface area contributed by atoms with E-state index in [1.54, 1.807) is 30.0 Å². The lowest BCUT2D eigenvalue weighted by atomic mass is 10.1. The lowest BCUT2D eigenvalue weighted by Crippen LogP contribution is -2.36. The molecule has 0 aliphatic rings. The van der Waals surface area contributed by atoms with Crippen LogP contribution in [0.15, 0.2) is 24.3 Å². The van der Waals surface area contributed by atoms with Crippen LogP contribution in [0.2, 0.25) is 0 Å². The Balaban J connectivity index is 2.72. The van der Waals surface area contributed by atoms with Crippen molar-refractivity contribution in [1.29, 1.82) is 0 Å². The predicted octanol–water partition coefficient (Wildman–Crippen LogP) is 1.90. The van der Waals surface area contributed by atoms with Gasteiger partial charge in [0, 0.05) is 22.4 Å². The van der Waals surface area contributed by atoms with Gasteiger partial charge in [-0.1, -0.05) is 17.9 Å². The first-order valence-electron chi connectivity index (χ1n) is 6.01. The number of aliphatic hydroxyl groups is 1. The maximum absolute atomic E-state index is 12.0. The van der Waals surface area contributed by atoms with Gasteiger partial charge in [-0.25, -0.2) is 0 Å². The van der Waals surface area contributed by atoms with E-state index in [1.165, 1.54) is 0 Å². The first-order chi connectivity index (χ1) is 8.98. The molecule has 102 valence electrons. The van der Waals surface area contributed by atoms with Gasteiger partial charge in [-0.05, 0) is 38.3 Å². The van der Waals surface area contributed by atoms with E-state index < -0.39 is 0 Å². The maximum atomic E-state index is 12.0. The van der Waals surface area contributed by atoms with Crippen molar-refractivity contribution in [2.75, 3.05) is 19.4 Å². The smallest absolute Gasteiger partial charge is 0.251 e. The van der Waals surface area contributed by atoms with Gasteiger partial charge in [0.2, 0.25) is 0 Å². The van der Waals surface area contributed by atoms with Crippen molar-refractivity contribution in [3.8, 4) is 11.8 Å². The molecule has 0 saturated carbocycles. The number of carbonyl (C=O) groups is 1. The standard InChI is InChI=1S/C15H19NO2S/c1-15(2,19-3)11-16-14(18)13-8-4-6-12(10-13)7-5-9-17/h4,6,8,10,17H,9,11H2,1-3H3,(H,16,18). The summed E-state index contributed by atoms with van der Waals surface area (Å²) in [4.78, 5) is 12.0. The molecule has 0 aliphatic heterocycles. The Hall–Kier alpha value is -1.44. The number of nitrogens with one attached hydrogen (secondary N) is 1. The van der Waals surface area contributed by atoms with E-state index in [0.29, 0.717) is 12.1 Å². The molecule has 0 aromatic heterocycles. The van der Waals surface area contributed by atoms with Crippen LogP contribution in [0.1, 0.15) is 29.8 Å². The molecule has 4 heteroatoms. The third-order valence-electron chi connectivity index (χ3n) is 2.66. The Kier molecular flexibility index (Phi) is 5.94. The number of hydrogen-bond donors (Lipinski definition) is 2. The summed E-state index contributed by atoms with van der Waals surface area (Å²) in [5.41, 5.74) is 1.31. The van der Waals surface area contributed by atoms with E-state index in [4.69, 9.17) is 5.11 Å². The zero-order chi connectivity index (χ0) is 14.3. The van der Waals surface area contributed by atoms with E-state index in [0.717, 1.165) is 5.56 Å². The van der Waals surface area contributed by atoms with Gasteiger partial charge in [0.1, 0.15) is 6.61 Å². The quantitative estimate of drug-likeness (QED) is 0.827. The highest BCUT2D eigenvalue weighted by Crippen LogP contribution is 2.19. The summed E-state index contributed by atoms with van der Waals surface area (Å²) in [6.07, 6.45) is 2.03. The molecule has 0 bridgehead atoms. The van der Waals surface area contributed by atoms with E-state index in [-0.39, 0.29) is 17.3 Å². The van der Waals surface area contributed by atoms with E-state index >= 15 is 0 Å². The van der Waals surface area contributed by atoms with E-state index in [1.807, 2.05) is 12.3 Å². The maximum Gasteiger partial charge on any atom is 0.251 e. The largest absolute Gasteiger partial charge is 0.384 e. The molecule has 0 atom stereocenters. The van der Waals surface area contributed by atoms with Crippen LogP contribution in [-0.4, -0.2) is 35.2 Å². The zero-order valence-corrected chi connectivity index (χ0v) is 12.3. The third-order valence-corrected chi connectivity index (χ3v) is 3.91. The van der Waals surface area contributed by atoms with Crippen molar-refractivity contribution in [1.82, 2.24) is 5.32 Å². The molecule has 19 heavy (non-hydrogen) atoms. The fraction of sp³-hybridized carbons (Fsp3) is 0.400. The number of rotatable bonds is 4. The Labute approximate surface area is 118 Å². The molecule has 0 saturated heterocycles. The lowest BCUT2D eigenvalue weighted by Gasteiger charge is -2.22. The minimum atomic E-state index is -0.182. The summed E-state index contributed by atoms with van der Waals surface area (Å²) in [5, 5.41) is 11.6. The summed E-state index contributed by atoms with van der Waals surface area (Å²) < 4.78 is 0.0178. The van der Waals surface area contributed by atoms with Gasteiger partial charge >= 0.3 is 0 Å². The number of carbonyl (C=O) groups excluding carboxylic acids is 1. The van der Waals surface area contributed by atoms with Crippen LogP contribution >= 0.6 is 11.8 Å². The van der Waals surface area contributed by atoms with Crippen molar-refractivity contribution in [2.24, 2.45) is 0 Å². The van der Waals surface area contributed by atoms with Crippen molar-refractivity contribution < 1.29 is 9.90 Å². The number of amides is 1. The Morgan fingerprint density at radius 2 is 2.21 bits per heavy atom. The molecule has 0 unspecified atom stereocenters.